The maximum absolute atomic E-state index is 4.60. The fourth-order valence-corrected chi connectivity index (χ4v) is 5.10. The number of thiophene rings is 1. The Balaban J connectivity index is 1.66. The number of nitrogens with one attached hydrogen (secondary N) is 1. The highest BCUT2D eigenvalue weighted by molar-refractivity contribution is 7.13. The molecule has 0 aliphatic heterocycles. The van der Waals surface area contributed by atoms with Crippen LogP contribution < -0.4 is 0 Å². The number of hydrogen-bond acceptors (Lipinski definition) is 4. The Morgan fingerprint density at radius 3 is 2.72 bits per heavy atom. The van der Waals surface area contributed by atoms with Crippen LogP contribution in [-0.4, -0.2) is 15.2 Å². The van der Waals surface area contributed by atoms with Gasteiger partial charge in [-0.1, -0.05) is 48.6 Å². The van der Waals surface area contributed by atoms with Crippen LogP contribution in [0.5, 0.6) is 0 Å². The quantitative estimate of drug-likeness (QED) is 0.548. The number of nitrogens with zero attached hydrogens (tertiary/aromatic N) is 2. The van der Waals surface area contributed by atoms with Crippen molar-refractivity contribution in [3.05, 3.63) is 87.3 Å². The van der Waals surface area contributed by atoms with Crippen molar-refractivity contribution in [2.75, 3.05) is 0 Å². The van der Waals surface area contributed by atoms with Crippen LogP contribution in [-0.2, 0) is 11.8 Å². The van der Waals surface area contributed by atoms with Crippen molar-refractivity contribution in [1.29, 1.82) is 0 Å². The van der Waals surface area contributed by atoms with Gasteiger partial charge in [0.25, 0.3) is 0 Å². The minimum absolute atomic E-state index is 0.186. The number of thiazole rings is 1. The molecule has 0 saturated carbocycles. The summed E-state index contributed by atoms with van der Waals surface area (Å²) in [5.41, 5.74) is 6.45. The number of benzene rings is 1. The summed E-state index contributed by atoms with van der Waals surface area (Å²) < 4.78 is 0. The number of allylic oxidation sites excluding steroid dienone is 1. The first-order valence-electron chi connectivity index (χ1n) is 8.12. The molecule has 3 heterocycles. The Bertz CT molecular complexity index is 1010. The molecule has 0 radical (unpaired) electrons. The zero-order valence-electron chi connectivity index (χ0n) is 13.3. The molecule has 1 aliphatic carbocycles. The smallest absolute Gasteiger partial charge is 0.109 e. The van der Waals surface area contributed by atoms with Crippen LogP contribution in [0.3, 0.4) is 0 Å². The van der Waals surface area contributed by atoms with Gasteiger partial charge >= 0.3 is 0 Å². The van der Waals surface area contributed by atoms with E-state index in [1.807, 2.05) is 11.7 Å². The molecule has 1 N–H and O–H groups in total. The van der Waals surface area contributed by atoms with Gasteiger partial charge in [0.1, 0.15) is 5.69 Å². The molecule has 3 aromatic heterocycles. The Labute approximate surface area is 153 Å². The summed E-state index contributed by atoms with van der Waals surface area (Å²) >= 11 is 3.43. The summed E-state index contributed by atoms with van der Waals surface area (Å²) in [6.45, 7) is 0. The average Bonchev–Trinajstić information content (AvgIpc) is 3.42. The normalized spacial score (nSPS) is 19.0. The molecule has 1 atom stereocenters. The molecule has 0 saturated heterocycles. The van der Waals surface area contributed by atoms with Gasteiger partial charge in [0, 0.05) is 28.8 Å². The van der Waals surface area contributed by atoms with E-state index < -0.39 is 0 Å². The zero-order valence-corrected chi connectivity index (χ0v) is 15.0. The lowest BCUT2D eigenvalue weighted by molar-refractivity contribution is 0.631. The highest BCUT2D eigenvalue weighted by Crippen LogP contribution is 2.44. The standard InChI is InChI=1S/C20H15N3S2/c1-2-5-14(6-3-1)20(18-12-21-13-25-18)9-8-15-16(11-20)22-23-19(15)17-7-4-10-24-17/h1-10,12-13H,11H2,(H,22,23). The van der Waals surface area contributed by atoms with Gasteiger partial charge in [0.2, 0.25) is 0 Å². The van der Waals surface area contributed by atoms with E-state index >= 15 is 0 Å². The van der Waals surface area contributed by atoms with Gasteiger partial charge in [-0.25, -0.2) is 0 Å². The second kappa shape index (κ2) is 5.79. The third kappa shape index (κ3) is 2.31. The second-order valence-electron chi connectivity index (χ2n) is 6.15. The van der Waals surface area contributed by atoms with Gasteiger partial charge in [0.05, 0.1) is 15.8 Å². The summed E-state index contributed by atoms with van der Waals surface area (Å²) in [4.78, 5) is 6.79. The van der Waals surface area contributed by atoms with E-state index in [-0.39, 0.29) is 5.41 Å². The van der Waals surface area contributed by atoms with Gasteiger partial charge in [-0.05, 0) is 17.0 Å². The first-order valence-corrected chi connectivity index (χ1v) is 9.88. The lowest BCUT2D eigenvalue weighted by Gasteiger charge is -2.32. The number of aromatic nitrogens is 3. The molecule has 5 rings (SSSR count). The molecule has 1 unspecified atom stereocenters. The van der Waals surface area contributed by atoms with Crippen LogP contribution in [0.4, 0.5) is 0 Å². The van der Waals surface area contributed by atoms with Crippen LogP contribution in [0.15, 0.2) is 65.6 Å². The van der Waals surface area contributed by atoms with E-state index in [0.29, 0.717) is 0 Å². The first-order chi connectivity index (χ1) is 12.4. The van der Waals surface area contributed by atoms with Crippen LogP contribution in [0.25, 0.3) is 16.6 Å². The minimum atomic E-state index is -0.186. The molecule has 0 bridgehead atoms. The van der Waals surface area contributed by atoms with Gasteiger partial charge in [0.15, 0.2) is 0 Å². The SMILES string of the molecule is C1=CC(c2ccccc2)(c2cncs2)Cc2[nH]nc(-c3cccs3)c21. The minimum Gasteiger partial charge on any atom is -0.281 e. The van der Waals surface area contributed by atoms with E-state index in [9.17, 15) is 0 Å². The van der Waals surface area contributed by atoms with E-state index in [4.69, 9.17) is 0 Å². The zero-order chi connectivity index (χ0) is 16.7. The van der Waals surface area contributed by atoms with Crippen LogP contribution in [0, 0.1) is 0 Å². The topological polar surface area (TPSA) is 41.6 Å². The van der Waals surface area contributed by atoms with E-state index in [1.54, 1.807) is 22.7 Å². The first kappa shape index (κ1) is 14.8. The molecule has 0 spiro atoms. The van der Waals surface area contributed by atoms with Crippen molar-refractivity contribution in [1.82, 2.24) is 15.2 Å². The Morgan fingerprint density at radius 1 is 1.04 bits per heavy atom. The lowest BCUT2D eigenvalue weighted by Crippen LogP contribution is -2.29. The van der Waals surface area contributed by atoms with Crippen molar-refractivity contribution in [2.24, 2.45) is 0 Å². The van der Waals surface area contributed by atoms with Gasteiger partial charge in [-0.2, -0.15) is 5.10 Å². The third-order valence-electron chi connectivity index (χ3n) is 4.79. The summed E-state index contributed by atoms with van der Waals surface area (Å²) in [7, 11) is 0. The van der Waals surface area contributed by atoms with Crippen molar-refractivity contribution in [3.63, 3.8) is 0 Å². The number of rotatable bonds is 3. The number of aromatic amines is 1. The molecular formula is C20H15N3S2. The van der Waals surface area contributed by atoms with Crippen molar-refractivity contribution < 1.29 is 0 Å². The van der Waals surface area contributed by atoms with Crippen LogP contribution in [0.1, 0.15) is 21.7 Å². The van der Waals surface area contributed by atoms with Gasteiger partial charge < -0.3 is 0 Å². The Kier molecular flexibility index (Phi) is 3.43. The fourth-order valence-electron chi connectivity index (χ4n) is 3.55. The molecule has 3 nitrogen and oxygen atoms in total. The van der Waals surface area contributed by atoms with Crippen LogP contribution >= 0.6 is 22.7 Å². The summed E-state index contributed by atoms with van der Waals surface area (Å²) in [6.07, 6.45) is 7.40. The third-order valence-corrected chi connectivity index (χ3v) is 6.62. The van der Waals surface area contributed by atoms with E-state index in [1.165, 1.54) is 26.6 Å². The maximum Gasteiger partial charge on any atom is 0.109 e. The van der Waals surface area contributed by atoms with Crippen LogP contribution in [0.2, 0.25) is 0 Å². The maximum atomic E-state index is 4.60. The monoisotopic (exact) mass is 361 g/mol. The summed E-state index contributed by atoms with van der Waals surface area (Å²) in [5.74, 6) is 0. The number of hydrogen-bond donors (Lipinski definition) is 1. The molecule has 122 valence electrons. The highest BCUT2D eigenvalue weighted by Gasteiger charge is 2.37. The lowest BCUT2D eigenvalue weighted by atomic mass is 9.72. The average molecular weight is 361 g/mol. The predicted molar refractivity (Wildman–Crippen MR) is 104 cm³/mol. The van der Waals surface area contributed by atoms with Gasteiger partial charge in [-0.15, -0.1) is 22.7 Å². The fraction of sp³-hybridized carbons (Fsp3) is 0.100. The molecular weight excluding hydrogens is 346 g/mol. The number of fused-ring (bicyclic) bond motifs is 1. The second-order valence-corrected chi connectivity index (χ2v) is 7.99. The molecule has 25 heavy (non-hydrogen) atoms. The summed E-state index contributed by atoms with van der Waals surface area (Å²) in [5, 5.41) is 9.99. The van der Waals surface area contributed by atoms with Crippen molar-refractivity contribution in [3.8, 4) is 10.6 Å². The Hall–Kier alpha value is -2.50. The molecule has 4 aromatic rings. The summed E-state index contributed by atoms with van der Waals surface area (Å²) in [6, 6.07) is 14.9. The Morgan fingerprint density at radius 2 is 1.96 bits per heavy atom. The molecule has 1 aromatic carbocycles. The van der Waals surface area contributed by atoms with Crippen molar-refractivity contribution in [2.45, 2.75) is 11.8 Å². The van der Waals surface area contributed by atoms with Gasteiger partial charge in [-0.3, -0.25) is 10.1 Å². The largest absolute Gasteiger partial charge is 0.281 e. The molecule has 5 heteroatoms. The molecule has 0 fully saturated rings. The number of H-pyrrole nitrogens is 1. The molecule has 1 aliphatic rings. The molecule has 0 amide bonds. The predicted octanol–water partition coefficient (Wildman–Crippen LogP) is 5.15. The highest BCUT2D eigenvalue weighted by atomic mass is 32.1. The van der Waals surface area contributed by atoms with Crippen molar-refractivity contribution >= 4 is 28.7 Å². The van der Waals surface area contributed by atoms with E-state index in [2.05, 4.69) is 75.2 Å². The van der Waals surface area contributed by atoms with E-state index in [0.717, 1.165) is 12.1 Å².